The maximum absolute atomic E-state index is 12.0. The van der Waals surface area contributed by atoms with Crippen LogP contribution in [0.25, 0.3) is 0 Å². The standard InChI is InChI=1S/C15H15NO5S/c1-12-7-8-15(14(11-12)16(17)18)21-22(19,20)10-9-13-5-3-2-4-6-13/h2-8,11H,9-10H2,1H3. The number of nitrogens with zero attached hydrogens (tertiary/aromatic N) is 1. The molecule has 0 fully saturated rings. The van der Waals surface area contributed by atoms with Gasteiger partial charge in [-0.3, -0.25) is 10.1 Å². The number of nitro groups is 1. The SMILES string of the molecule is Cc1ccc(OS(=O)(=O)CCc2ccccc2)c([N+](=O)[O-])c1. The van der Waals surface area contributed by atoms with Gasteiger partial charge in [-0.25, -0.2) is 0 Å². The van der Waals surface area contributed by atoms with E-state index in [1.165, 1.54) is 12.1 Å². The van der Waals surface area contributed by atoms with Crippen LogP contribution in [0.5, 0.6) is 5.75 Å². The van der Waals surface area contributed by atoms with Crippen LogP contribution < -0.4 is 4.18 Å². The van der Waals surface area contributed by atoms with E-state index in [0.29, 0.717) is 5.56 Å². The molecule has 0 bridgehead atoms. The predicted octanol–water partition coefficient (Wildman–Crippen LogP) is 2.85. The van der Waals surface area contributed by atoms with E-state index >= 15 is 0 Å². The molecular weight excluding hydrogens is 306 g/mol. The fraction of sp³-hybridized carbons (Fsp3) is 0.200. The third-order valence-electron chi connectivity index (χ3n) is 3.01. The first-order valence-corrected chi connectivity index (χ1v) is 8.16. The summed E-state index contributed by atoms with van der Waals surface area (Å²) >= 11 is 0. The smallest absolute Gasteiger partial charge is 0.312 e. The number of benzene rings is 2. The van der Waals surface area contributed by atoms with Gasteiger partial charge in [-0.1, -0.05) is 36.4 Å². The van der Waals surface area contributed by atoms with E-state index in [9.17, 15) is 18.5 Å². The summed E-state index contributed by atoms with van der Waals surface area (Å²) in [6.45, 7) is 1.68. The average Bonchev–Trinajstić information content (AvgIpc) is 2.48. The van der Waals surface area contributed by atoms with Crippen molar-refractivity contribution >= 4 is 15.8 Å². The molecule has 0 amide bonds. The van der Waals surface area contributed by atoms with Gasteiger partial charge in [0.1, 0.15) is 0 Å². The molecule has 116 valence electrons. The molecule has 0 spiro atoms. The van der Waals surface area contributed by atoms with Crippen LogP contribution in [-0.2, 0) is 16.5 Å². The summed E-state index contributed by atoms with van der Waals surface area (Å²) in [6, 6.07) is 13.2. The monoisotopic (exact) mass is 321 g/mol. The molecule has 0 aromatic heterocycles. The molecule has 2 rings (SSSR count). The fourth-order valence-corrected chi connectivity index (χ4v) is 2.89. The summed E-state index contributed by atoms with van der Waals surface area (Å²) in [6.07, 6.45) is 0.281. The highest BCUT2D eigenvalue weighted by molar-refractivity contribution is 7.87. The molecule has 0 aliphatic rings. The fourth-order valence-electron chi connectivity index (χ4n) is 1.91. The Morgan fingerprint density at radius 2 is 1.82 bits per heavy atom. The minimum Gasteiger partial charge on any atom is -0.375 e. The summed E-state index contributed by atoms with van der Waals surface area (Å²) in [5.41, 5.74) is 1.15. The van der Waals surface area contributed by atoms with Crippen molar-refractivity contribution < 1.29 is 17.5 Å². The molecule has 0 N–H and O–H groups in total. The van der Waals surface area contributed by atoms with Crippen LogP contribution in [0.15, 0.2) is 48.5 Å². The molecule has 0 saturated carbocycles. The molecular formula is C15H15NO5S. The van der Waals surface area contributed by atoms with Gasteiger partial charge < -0.3 is 4.18 Å². The normalized spacial score (nSPS) is 11.1. The Labute approximate surface area is 128 Å². The molecule has 2 aromatic rings. The molecule has 0 atom stereocenters. The Morgan fingerprint density at radius 1 is 1.14 bits per heavy atom. The van der Waals surface area contributed by atoms with Crippen molar-refractivity contribution in [1.82, 2.24) is 0 Å². The van der Waals surface area contributed by atoms with Gasteiger partial charge >= 0.3 is 15.8 Å². The molecule has 0 unspecified atom stereocenters. The lowest BCUT2D eigenvalue weighted by Crippen LogP contribution is -2.16. The van der Waals surface area contributed by atoms with Crippen molar-refractivity contribution in [2.24, 2.45) is 0 Å². The molecule has 0 radical (unpaired) electrons. The lowest BCUT2D eigenvalue weighted by molar-refractivity contribution is -0.385. The lowest BCUT2D eigenvalue weighted by Gasteiger charge is -2.08. The highest BCUT2D eigenvalue weighted by Gasteiger charge is 2.21. The third kappa shape index (κ3) is 4.29. The summed E-state index contributed by atoms with van der Waals surface area (Å²) in [7, 11) is -3.91. The van der Waals surface area contributed by atoms with Crippen LogP contribution in [0.2, 0.25) is 0 Å². The maximum Gasteiger partial charge on any atom is 0.312 e. The van der Waals surface area contributed by atoms with Crippen molar-refractivity contribution in [1.29, 1.82) is 0 Å². The topological polar surface area (TPSA) is 86.5 Å². The van der Waals surface area contributed by atoms with E-state index in [4.69, 9.17) is 4.18 Å². The van der Waals surface area contributed by atoms with E-state index < -0.39 is 15.0 Å². The molecule has 7 heteroatoms. The molecule has 22 heavy (non-hydrogen) atoms. The van der Waals surface area contributed by atoms with Gasteiger partial charge in [-0.05, 0) is 30.5 Å². The second-order valence-corrected chi connectivity index (χ2v) is 6.50. The van der Waals surface area contributed by atoms with Crippen molar-refractivity contribution in [2.75, 3.05) is 5.75 Å². The van der Waals surface area contributed by atoms with Crippen LogP contribution in [0.3, 0.4) is 0 Å². The summed E-state index contributed by atoms with van der Waals surface area (Å²) in [5, 5.41) is 11.0. The average molecular weight is 321 g/mol. The van der Waals surface area contributed by atoms with Gasteiger partial charge in [0.2, 0.25) is 5.75 Å². The molecule has 0 saturated heterocycles. The van der Waals surface area contributed by atoms with Crippen LogP contribution in [0.1, 0.15) is 11.1 Å². The molecule has 2 aromatic carbocycles. The van der Waals surface area contributed by atoms with Crippen LogP contribution in [-0.4, -0.2) is 19.1 Å². The summed E-state index contributed by atoms with van der Waals surface area (Å²) < 4.78 is 28.9. The Kier molecular flexibility index (Phi) is 4.77. The minimum absolute atomic E-state index is 0.248. The van der Waals surface area contributed by atoms with Gasteiger partial charge in [0, 0.05) is 6.07 Å². The zero-order valence-corrected chi connectivity index (χ0v) is 12.7. The van der Waals surface area contributed by atoms with Crippen molar-refractivity contribution in [3.8, 4) is 5.75 Å². The quantitative estimate of drug-likeness (QED) is 0.464. The third-order valence-corrected chi connectivity index (χ3v) is 4.15. The molecule has 6 nitrogen and oxygen atoms in total. The second-order valence-electron chi connectivity index (χ2n) is 4.81. The van der Waals surface area contributed by atoms with Gasteiger partial charge in [0.25, 0.3) is 0 Å². The van der Waals surface area contributed by atoms with Crippen LogP contribution in [0, 0.1) is 17.0 Å². The second kappa shape index (κ2) is 6.57. The van der Waals surface area contributed by atoms with E-state index in [1.807, 2.05) is 30.3 Å². The Balaban J connectivity index is 2.14. The lowest BCUT2D eigenvalue weighted by atomic mass is 10.2. The van der Waals surface area contributed by atoms with Crippen molar-refractivity contribution in [3.63, 3.8) is 0 Å². The largest absolute Gasteiger partial charge is 0.375 e. The predicted molar refractivity (Wildman–Crippen MR) is 82.4 cm³/mol. The molecule has 0 heterocycles. The van der Waals surface area contributed by atoms with E-state index in [-0.39, 0.29) is 23.6 Å². The van der Waals surface area contributed by atoms with Crippen LogP contribution >= 0.6 is 0 Å². The Hall–Kier alpha value is -2.41. The molecule has 0 aliphatic heterocycles. The summed E-state index contributed by atoms with van der Waals surface area (Å²) in [4.78, 5) is 10.3. The highest BCUT2D eigenvalue weighted by atomic mass is 32.2. The first-order chi connectivity index (χ1) is 10.4. The Morgan fingerprint density at radius 3 is 2.45 bits per heavy atom. The number of nitro benzene ring substituents is 1. The molecule has 0 aliphatic carbocycles. The van der Waals surface area contributed by atoms with Crippen molar-refractivity contribution in [3.05, 3.63) is 69.8 Å². The highest BCUT2D eigenvalue weighted by Crippen LogP contribution is 2.29. The van der Waals surface area contributed by atoms with Gasteiger partial charge in [-0.2, -0.15) is 8.42 Å². The number of rotatable bonds is 6. The maximum atomic E-state index is 12.0. The van der Waals surface area contributed by atoms with E-state index in [0.717, 1.165) is 5.56 Å². The minimum atomic E-state index is -3.91. The van der Waals surface area contributed by atoms with Gasteiger partial charge in [0.05, 0.1) is 10.7 Å². The number of hydrogen-bond donors (Lipinski definition) is 0. The number of aryl methyl sites for hydroxylation is 2. The van der Waals surface area contributed by atoms with E-state index in [1.54, 1.807) is 13.0 Å². The van der Waals surface area contributed by atoms with Crippen molar-refractivity contribution in [2.45, 2.75) is 13.3 Å². The number of hydrogen-bond acceptors (Lipinski definition) is 5. The zero-order chi connectivity index (χ0) is 16.2. The van der Waals surface area contributed by atoms with Gasteiger partial charge in [0.15, 0.2) is 0 Å². The zero-order valence-electron chi connectivity index (χ0n) is 11.9. The first kappa shape index (κ1) is 16.0. The summed E-state index contributed by atoms with van der Waals surface area (Å²) in [5.74, 6) is -0.508. The first-order valence-electron chi connectivity index (χ1n) is 6.58. The Bertz CT molecular complexity index is 772. The van der Waals surface area contributed by atoms with Crippen LogP contribution in [0.4, 0.5) is 5.69 Å². The van der Waals surface area contributed by atoms with Gasteiger partial charge in [-0.15, -0.1) is 0 Å². The van der Waals surface area contributed by atoms with E-state index in [2.05, 4.69) is 0 Å².